The third kappa shape index (κ3) is 5.06. The Morgan fingerprint density at radius 1 is 1.00 bits per heavy atom. The van der Waals surface area contributed by atoms with Crippen LogP contribution in [0.2, 0.25) is 0 Å². The van der Waals surface area contributed by atoms with Gasteiger partial charge in [-0.1, -0.05) is 27.7 Å². The maximum absolute atomic E-state index is 15.9. The lowest BCUT2D eigenvalue weighted by atomic mass is 9.41. The molecule has 0 radical (unpaired) electrons. The molecule has 6 fully saturated rings. The van der Waals surface area contributed by atoms with Crippen molar-refractivity contribution in [3.63, 3.8) is 0 Å². The van der Waals surface area contributed by atoms with Crippen molar-refractivity contribution in [1.29, 1.82) is 0 Å². The summed E-state index contributed by atoms with van der Waals surface area (Å²) in [5.74, 6) is -5.98. The van der Waals surface area contributed by atoms with Crippen molar-refractivity contribution in [2.45, 2.75) is 167 Å². The lowest BCUT2D eigenvalue weighted by molar-refractivity contribution is -0.252. The molecular weight excluding hydrogens is 636 g/mol. The number of fused-ring (bicyclic) bond motifs is 2. The van der Waals surface area contributed by atoms with Gasteiger partial charge in [0.05, 0.1) is 35.9 Å². The summed E-state index contributed by atoms with van der Waals surface area (Å²) in [4.78, 5) is 37.6. The zero-order valence-corrected chi connectivity index (χ0v) is 30.5. The van der Waals surface area contributed by atoms with Crippen molar-refractivity contribution in [2.24, 2.45) is 56.3 Å². The van der Waals surface area contributed by atoms with E-state index in [1.54, 1.807) is 27.7 Å². The van der Waals surface area contributed by atoms with Crippen LogP contribution in [0.15, 0.2) is 0 Å². The molecule has 2 amide bonds. The van der Waals surface area contributed by atoms with Crippen LogP contribution in [0.25, 0.3) is 0 Å². The van der Waals surface area contributed by atoms with Crippen LogP contribution in [0.5, 0.6) is 0 Å². The standard InChI is InChI=1S/C37H59F2N3O7/c1-19(42-28(45)20(40)15-25(41)44)29(46)48-22-16-23-33(7)17-21(43)26(34(8)10-9-24(49-34)31(4,5)47)32(33,6)11-12-35(23)18-36(35)13-14-37(38,39)30(2,3)27(22)36/h19-24,26-27,43,47H,9-18,40H2,1-8H3,(H2,41,44)(H,42,45)/t19-,20-,21-,22-,23-,24-,26-,27-,32+,33-,34-,35-,36+/m0/s1. The summed E-state index contributed by atoms with van der Waals surface area (Å²) < 4.78 is 44.7. The number of halogens is 2. The molecular formula is C37H59F2N3O7. The molecule has 1 heterocycles. The van der Waals surface area contributed by atoms with Gasteiger partial charge in [0.25, 0.3) is 5.92 Å². The van der Waals surface area contributed by atoms with Crippen molar-refractivity contribution in [1.82, 2.24) is 5.32 Å². The van der Waals surface area contributed by atoms with Crippen LogP contribution in [-0.2, 0) is 23.9 Å². The Hall–Kier alpha value is -1.89. The van der Waals surface area contributed by atoms with Crippen molar-refractivity contribution in [2.75, 3.05) is 0 Å². The van der Waals surface area contributed by atoms with Crippen LogP contribution < -0.4 is 16.8 Å². The number of ether oxygens (including phenoxy) is 2. The summed E-state index contributed by atoms with van der Waals surface area (Å²) in [6.07, 6.45) is 2.69. The molecule has 0 aromatic heterocycles. The largest absolute Gasteiger partial charge is 0.461 e. The average Bonchev–Trinajstić information content (AvgIpc) is 3.33. The number of carbonyl (C=O) groups excluding carboxylic acids is 3. The minimum Gasteiger partial charge on any atom is -0.461 e. The number of rotatable bonds is 8. The summed E-state index contributed by atoms with van der Waals surface area (Å²) in [6.45, 7) is 14.8. The summed E-state index contributed by atoms with van der Waals surface area (Å²) >= 11 is 0. The molecule has 1 saturated heterocycles. The third-order valence-electron chi connectivity index (χ3n) is 15.6. The van der Waals surface area contributed by atoms with E-state index in [0.29, 0.717) is 32.1 Å². The van der Waals surface area contributed by atoms with Crippen LogP contribution >= 0.6 is 0 Å². The molecule has 0 aromatic rings. The van der Waals surface area contributed by atoms with Gasteiger partial charge in [0, 0.05) is 23.7 Å². The van der Waals surface area contributed by atoms with E-state index in [2.05, 4.69) is 26.1 Å². The van der Waals surface area contributed by atoms with Gasteiger partial charge in [0.2, 0.25) is 11.8 Å². The van der Waals surface area contributed by atoms with E-state index in [1.165, 1.54) is 6.92 Å². The van der Waals surface area contributed by atoms with Crippen LogP contribution in [-0.4, -0.2) is 75.5 Å². The number of hydrogen-bond acceptors (Lipinski definition) is 8. The number of esters is 1. The highest BCUT2D eigenvalue weighted by Gasteiger charge is 2.86. The predicted octanol–water partition coefficient (Wildman–Crippen LogP) is 3.97. The zero-order chi connectivity index (χ0) is 36.5. The van der Waals surface area contributed by atoms with Gasteiger partial charge in [-0.3, -0.25) is 9.59 Å². The van der Waals surface area contributed by atoms with Gasteiger partial charge in [-0.25, -0.2) is 13.6 Å². The SMILES string of the molecule is C[C@H](NC(=O)[C@@H](N)CC(N)=O)C(=O)O[C@H]1C[C@@H]2[C@]3(CC[C@]4(C)[C@@H]([C@]5(C)CC[C@@H](C(C)(C)O)O5)[C@@H](O)C[C@@]24C)C[C@@]32CCC(F)(F)C(C)(C)[C@H]12. The van der Waals surface area contributed by atoms with Gasteiger partial charge in [0.15, 0.2) is 0 Å². The van der Waals surface area contributed by atoms with E-state index in [1.807, 2.05) is 0 Å². The fraction of sp³-hybridized carbons (Fsp3) is 0.919. The minimum absolute atomic E-state index is 0.000980. The van der Waals surface area contributed by atoms with Crippen LogP contribution in [0.4, 0.5) is 8.78 Å². The molecule has 278 valence electrons. The molecule has 0 unspecified atom stereocenters. The molecule has 13 atom stereocenters. The summed E-state index contributed by atoms with van der Waals surface area (Å²) in [7, 11) is 0. The molecule has 6 aliphatic rings. The molecule has 2 spiro atoms. The highest BCUT2D eigenvalue weighted by atomic mass is 19.3. The van der Waals surface area contributed by atoms with E-state index >= 15 is 8.78 Å². The number of hydrogen-bond donors (Lipinski definition) is 5. The first-order valence-corrected chi connectivity index (χ1v) is 18.3. The molecule has 49 heavy (non-hydrogen) atoms. The second-order valence-corrected chi connectivity index (χ2v) is 18.9. The van der Waals surface area contributed by atoms with E-state index in [-0.39, 0.29) is 41.6 Å². The van der Waals surface area contributed by atoms with E-state index in [4.69, 9.17) is 20.9 Å². The Morgan fingerprint density at radius 3 is 2.22 bits per heavy atom. The molecule has 0 bridgehead atoms. The Balaban J connectivity index is 1.33. The number of nitrogens with two attached hydrogens (primary N) is 2. The monoisotopic (exact) mass is 695 g/mol. The fourth-order valence-electron chi connectivity index (χ4n) is 13.1. The highest BCUT2D eigenvalue weighted by molar-refractivity contribution is 5.90. The Bertz CT molecular complexity index is 1400. The lowest BCUT2D eigenvalue weighted by Crippen LogP contribution is -2.64. The van der Waals surface area contributed by atoms with E-state index < -0.39 is 81.4 Å². The molecule has 12 heteroatoms. The normalized spacial score (nSPS) is 47.4. The summed E-state index contributed by atoms with van der Waals surface area (Å²) in [5.41, 5.74) is 6.46. The molecule has 6 rings (SSSR count). The maximum Gasteiger partial charge on any atom is 0.328 e. The Kier molecular flexibility index (Phi) is 8.33. The molecule has 0 aromatic carbocycles. The van der Waals surface area contributed by atoms with Crippen molar-refractivity contribution < 1.29 is 42.9 Å². The van der Waals surface area contributed by atoms with Gasteiger partial charge < -0.3 is 36.5 Å². The smallest absolute Gasteiger partial charge is 0.328 e. The second kappa shape index (κ2) is 11.1. The number of nitrogens with one attached hydrogen (secondary N) is 1. The van der Waals surface area contributed by atoms with Gasteiger partial charge >= 0.3 is 5.97 Å². The maximum atomic E-state index is 15.9. The van der Waals surface area contributed by atoms with Gasteiger partial charge in [0.1, 0.15) is 12.1 Å². The number of alkyl halides is 2. The third-order valence-corrected chi connectivity index (χ3v) is 15.6. The van der Waals surface area contributed by atoms with Gasteiger partial charge in [-0.05, 0) is 107 Å². The molecule has 5 aliphatic carbocycles. The fourth-order valence-corrected chi connectivity index (χ4v) is 13.1. The Labute approximate surface area is 289 Å². The molecule has 10 nitrogen and oxygen atoms in total. The quantitative estimate of drug-likeness (QED) is 0.237. The number of carbonyl (C=O) groups is 3. The number of primary amides is 1. The lowest BCUT2D eigenvalue weighted by Gasteiger charge is -2.65. The topological polar surface area (TPSA) is 174 Å². The minimum atomic E-state index is -2.96. The van der Waals surface area contributed by atoms with E-state index in [0.717, 1.165) is 19.3 Å². The van der Waals surface area contributed by atoms with E-state index in [9.17, 15) is 24.6 Å². The number of amides is 2. The van der Waals surface area contributed by atoms with Crippen molar-refractivity contribution in [3.8, 4) is 0 Å². The first kappa shape index (κ1) is 36.9. The van der Waals surface area contributed by atoms with Gasteiger partial charge in [-0.2, -0.15) is 0 Å². The first-order chi connectivity index (χ1) is 22.3. The summed E-state index contributed by atoms with van der Waals surface area (Å²) in [6, 6.07) is -2.37. The number of aliphatic hydroxyl groups is 2. The Morgan fingerprint density at radius 2 is 1.63 bits per heavy atom. The summed E-state index contributed by atoms with van der Waals surface area (Å²) in [5, 5.41) is 25.3. The molecule has 1 aliphatic heterocycles. The van der Waals surface area contributed by atoms with Crippen LogP contribution in [0.1, 0.15) is 120 Å². The van der Waals surface area contributed by atoms with Crippen molar-refractivity contribution >= 4 is 17.8 Å². The molecule has 7 N–H and O–H groups in total. The number of aliphatic hydroxyl groups excluding tert-OH is 1. The van der Waals surface area contributed by atoms with Gasteiger partial charge in [-0.15, -0.1) is 0 Å². The average molecular weight is 696 g/mol. The predicted molar refractivity (Wildman–Crippen MR) is 177 cm³/mol. The zero-order valence-electron chi connectivity index (χ0n) is 30.5. The van der Waals surface area contributed by atoms with Crippen molar-refractivity contribution in [3.05, 3.63) is 0 Å². The second-order valence-electron chi connectivity index (χ2n) is 18.9. The van der Waals surface area contributed by atoms with Crippen LogP contribution in [0, 0.1) is 44.8 Å². The van der Waals surface area contributed by atoms with Crippen LogP contribution in [0.3, 0.4) is 0 Å². The first-order valence-electron chi connectivity index (χ1n) is 18.3. The molecule has 5 saturated carbocycles. The highest BCUT2D eigenvalue weighted by Crippen LogP contribution is 2.90.